The Morgan fingerprint density at radius 1 is 1.38 bits per heavy atom. The molecule has 0 amide bonds. The molecule has 0 aliphatic carbocycles. The van der Waals surface area contributed by atoms with Crippen molar-refractivity contribution < 1.29 is 4.74 Å². The van der Waals surface area contributed by atoms with E-state index in [9.17, 15) is 0 Å². The van der Waals surface area contributed by atoms with Gasteiger partial charge in [0.25, 0.3) is 0 Å². The van der Waals surface area contributed by atoms with Crippen molar-refractivity contribution >= 4 is 38.4 Å². The molecule has 4 heteroatoms. The van der Waals surface area contributed by atoms with Crippen LogP contribution in [0.3, 0.4) is 0 Å². The van der Waals surface area contributed by atoms with Gasteiger partial charge in [-0.2, -0.15) is 0 Å². The fourth-order valence-corrected chi connectivity index (χ4v) is 2.03. The number of rotatable bonds is 2. The van der Waals surface area contributed by atoms with E-state index in [0.717, 1.165) is 21.1 Å². The van der Waals surface area contributed by atoms with E-state index >= 15 is 0 Å². The van der Waals surface area contributed by atoms with Crippen LogP contribution in [0.25, 0.3) is 10.9 Å². The Morgan fingerprint density at radius 3 is 2.81 bits per heavy atom. The molecule has 1 heterocycles. The van der Waals surface area contributed by atoms with Crippen molar-refractivity contribution in [2.45, 2.75) is 20.0 Å². The van der Waals surface area contributed by atoms with Crippen LogP contribution in [-0.4, -0.2) is 11.1 Å². The maximum Gasteiger partial charge on any atom is 0.120 e. The van der Waals surface area contributed by atoms with Crippen LogP contribution in [0.1, 0.15) is 13.8 Å². The molecule has 0 N–H and O–H groups in total. The van der Waals surface area contributed by atoms with Gasteiger partial charge in [-0.3, -0.25) is 4.98 Å². The minimum absolute atomic E-state index is 0.156. The second-order valence-electron chi connectivity index (χ2n) is 3.77. The summed E-state index contributed by atoms with van der Waals surface area (Å²) in [6.07, 6.45) is 1.79. The molecule has 0 aliphatic rings. The minimum atomic E-state index is 0.156. The van der Waals surface area contributed by atoms with Crippen LogP contribution in [0.5, 0.6) is 5.75 Å². The molecule has 0 radical (unpaired) electrons. The van der Waals surface area contributed by atoms with E-state index in [0.29, 0.717) is 5.02 Å². The SMILES string of the molecule is CC(C)Oc1ccc2ncc(Cl)c(Br)c2c1. The van der Waals surface area contributed by atoms with Crippen molar-refractivity contribution in [1.29, 1.82) is 0 Å². The Hall–Kier alpha value is -0.800. The van der Waals surface area contributed by atoms with Gasteiger partial charge in [0, 0.05) is 16.1 Å². The number of pyridine rings is 1. The molecule has 84 valence electrons. The summed E-state index contributed by atoms with van der Waals surface area (Å²) in [4.78, 5) is 4.24. The number of ether oxygens (including phenoxy) is 1. The zero-order valence-electron chi connectivity index (χ0n) is 9.00. The summed E-state index contributed by atoms with van der Waals surface area (Å²) >= 11 is 9.45. The predicted octanol–water partition coefficient (Wildman–Crippen LogP) is 4.44. The maximum atomic E-state index is 6.00. The molecule has 2 rings (SSSR count). The Kier molecular flexibility index (Phi) is 3.36. The molecule has 0 bridgehead atoms. The molecule has 0 spiro atoms. The highest BCUT2D eigenvalue weighted by molar-refractivity contribution is 9.10. The zero-order chi connectivity index (χ0) is 11.7. The molecular formula is C12H11BrClNO. The monoisotopic (exact) mass is 299 g/mol. The van der Waals surface area contributed by atoms with Crippen molar-refractivity contribution in [2.24, 2.45) is 0 Å². The highest BCUT2D eigenvalue weighted by Gasteiger charge is 2.06. The van der Waals surface area contributed by atoms with Gasteiger partial charge in [-0.05, 0) is 48.0 Å². The third-order valence-electron chi connectivity index (χ3n) is 2.10. The topological polar surface area (TPSA) is 22.1 Å². The van der Waals surface area contributed by atoms with Gasteiger partial charge in [-0.15, -0.1) is 0 Å². The summed E-state index contributed by atoms with van der Waals surface area (Å²) in [7, 11) is 0. The fourth-order valence-electron chi connectivity index (χ4n) is 1.46. The van der Waals surface area contributed by atoms with E-state index < -0.39 is 0 Å². The average molecular weight is 301 g/mol. The average Bonchev–Trinajstić information content (AvgIpc) is 2.23. The van der Waals surface area contributed by atoms with Crippen molar-refractivity contribution in [3.63, 3.8) is 0 Å². The van der Waals surface area contributed by atoms with Gasteiger partial charge >= 0.3 is 0 Å². The van der Waals surface area contributed by atoms with Crippen LogP contribution in [0.2, 0.25) is 5.02 Å². The van der Waals surface area contributed by atoms with Gasteiger partial charge in [0.1, 0.15) is 5.75 Å². The lowest BCUT2D eigenvalue weighted by Gasteiger charge is -2.10. The summed E-state index contributed by atoms with van der Waals surface area (Å²) in [5.74, 6) is 0.826. The third-order valence-corrected chi connectivity index (χ3v) is 3.47. The van der Waals surface area contributed by atoms with Gasteiger partial charge in [0.15, 0.2) is 0 Å². The van der Waals surface area contributed by atoms with Gasteiger partial charge in [-0.1, -0.05) is 11.6 Å². The lowest BCUT2D eigenvalue weighted by Crippen LogP contribution is -2.05. The van der Waals surface area contributed by atoms with Crippen LogP contribution in [0.15, 0.2) is 28.9 Å². The van der Waals surface area contributed by atoms with E-state index in [1.807, 2.05) is 32.0 Å². The Labute approximate surface area is 108 Å². The number of halogens is 2. The van der Waals surface area contributed by atoms with Crippen molar-refractivity contribution in [2.75, 3.05) is 0 Å². The Balaban J connectivity index is 2.55. The van der Waals surface area contributed by atoms with Gasteiger partial charge in [0.05, 0.1) is 16.6 Å². The third kappa shape index (κ3) is 2.30. The van der Waals surface area contributed by atoms with Gasteiger partial charge < -0.3 is 4.74 Å². The second kappa shape index (κ2) is 4.60. The number of fused-ring (bicyclic) bond motifs is 1. The molecule has 0 saturated carbocycles. The van der Waals surface area contributed by atoms with Crippen LogP contribution >= 0.6 is 27.5 Å². The molecule has 1 aromatic carbocycles. The van der Waals surface area contributed by atoms with E-state index in [-0.39, 0.29) is 6.10 Å². The normalized spacial score (nSPS) is 11.1. The predicted molar refractivity (Wildman–Crippen MR) is 70.2 cm³/mol. The molecule has 0 saturated heterocycles. The number of benzene rings is 1. The molecule has 0 atom stereocenters. The highest BCUT2D eigenvalue weighted by atomic mass is 79.9. The number of aromatic nitrogens is 1. The van der Waals surface area contributed by atoms with Crippen LogP contribution in [0, 0.1) is 0 Å². The first kappa shape index (κ1) is 11.7. The van der Waals surface area contributed by atoms with E-state index in [1.54, 1.807) is 6.20 Å². The lowest BCUT2D eigenvalue weighted by molar-refractivity contribution is 0.243. The summed E-state index contributed by atoms with van der Waals surface area (Å²) in [6.45, 7) is 3.99. The molecule has 1 aromatic heterocycles. The van der Waals surface area contributed by atoms with Crippen LogP contribution in [0.4, 0.5) is 0 Å². The molecule has 16 heavy (non-hydrogen) atoms. The summed E-state index contributed by atoms with van der Waals surface area (Å²) in [6, 6.07) is 5.78. The molecule has 0 fully saturated rings. The number of hydrogen-bond acceptors (Lipinski definition) is 2. The Bertz CT molecular complexity index is 528. The van der Waals surface area contributed by atoms with Gasteiger partial charge in [0.2, 0.25) is 0 Å². The molecule has 2 nitrogen and oxygen atoms in total. The van der Waals surface area contributed by atoms with E-state index in [1.165, 1.54) is 0 Å². The molecule has 2 aromatic rings. The Morgan fingerprint density at radius 2 is 2.12 bits per heavy atom. The fraction of sp³-hybridized carbons (Fsp3) is 0.250. The van der Waals surface area contributed by atoms with Crippen molar-refractivity contribution in [3.8, 4) is 5.75 Å². The van der Waals surface area contributed by atoms with Crippen molar-refractivity contribution in [1.82, 2.24) is 4.98 Å². The lowest BCUT2D eigenvalue weighted by atomic mass is 10.2. The summed E-state index contributed by atoms with van der Waals surface area (Å²) in [5.41, 5.74) is 0.896. The quantitative estimate of drug-likeness (QED) is 0.818. The zero-order valence-corrected chi connectivity index (χ0v) is 11.3. The van der Waals surface area contributed by atoms with E-state index in [4.69, 9.17) is 16.3 Å². The first-order valence-corrected chi connectivity index (χ1v) is 6.15. The first-order valence-electron chi connectivity index (χ1n) is 4.98. The minimum Gasteiger partial charge on any atom is -0.491 e. The number of nitrogens with zero attached hydrogens (tertiary/aromatic N) is 1. The molecule has 0 unspecified atom stereocenters. The largest absolute Gasteiger partial charge is 0.491 e. The standard InChI is InChI=1S/C12H11BrClNO/c1-7(2)16-8-3-4-11-9(5-8)12(13)10(14)6-15-11/h3-7H,1-2H3. The van der Waals surface area contributed by atoms with Crippen LogP contribution < -0.4 is 4.74 Å². The molecule has 0 aliphatic heterocycles. The first-order chi connectivity index (χ1) is 7.58. The smallest absolute Gasteiger partial charge is 0.120 e. The van der Waals surface area contributed by atoms with Gasteiger partial charge in [-0.25, -0.2) is 0 Å². The van der Waals surface area contributed by atoms with Crippen LogP contribution in [-0.2, 0) is 0 Å². The second-order valence-corrected chi connectivity index (χ2v) is 4.97. The number of hydrogen-bond donors (Lipinski definition) is 0. The maximum absolute atomic E-state index is 6.00. The van der Waals surface area contributed by atoms with E-state index in [2.05, 4.69) is 20.9 Å². The molecular weight excluding hydrogens is 289 g/mol. The highest BCUT2D eigenvalue weighted by Crippen LogP contribution is 2.31. The van der Waals surface area contributed by atoms with Crippen molar-refractivity contribution in [3.05, 3.63) is 33.9 Å². The summed E-state index contributed by atoms with van der Waals surface area (Å²) in [5, 5.41) is 1.57. The summed E-state index contributed by atoms with van der Waals surface area (Å²) < 4.78 is 6.48.